The molecule has 9 rings (SSSR count). The number of hydrogen-bond acceptors (Lipinski definition) is 10. The summed E-state index contributed by atoms with van der Waals surface area (Å²) < 4.78 is 76.9. The molecule has 2 aromatic carbocycles. The second-order valence-electron chi connectivity index (χ2n) is 18.9. The van der Waals surface area contributed by atoms with Gasteiger partial charge in [-0.2, -0.15) is 67.2 Å². The highest BCUT2D eigenvalue weighted by Crippen LogP contribution is 2.49. The number of likely N-dealkylation sites (tertiary alicyclic amines) is 2. The van der Waals surface area contributed by atoms with E-state index in [0.29, 0.717) is 82.4 Å². The molecule has 2 fully saturated rings. The van der Waals surface area contributed by atoms with Crippen molar-refractivity contribution < 1.29 is 51.0 Å². The molecule has 2 unspecified atom stereocenters. The molecule has 2 saturated heterocycles. The van der Waals surface area contributed by atoms with E-state index in [9.17, 15) is 32.3 Å². The van der Waals surface area contributed by atoms with Gasteiger partial charge in [-0.25, -0.2) is 23.9 Å². The summed E-state index contributed by atoms with van der Waals surface area (Å²) >= 11 is 0.975. The van der Waals surface area contributed by atoms with Gasteiger partial charge in [-0.15, -0.1) is 11.3 Å². The lowest BCUT2D eigenvalue weighted by atomic mass is 10.0. The molecule has 75 heavy (non-hydrogen) atoms. The van der Waals surface area contributed by atoms with Crippen molar-refractivity contribution in [3.63, 3.8) is 0 Å². The predicted octanol–water partition coefficient (Wildman–Crippen LogP) is 10.4. The first-order valence-corrected chi connectivity index (χ1v) is 24.4. The average Bonchev–Trinajstić information content (AvgIpc) is 4.20. The lowest BCUT2D eigenvalue weighted by molar-refractivity contribution is -0.145. The lowest BCUT2D eigenvalue weighted by Crippen LogP contribution is -2.51. The van der Waals surface area contributed by atoms with Gasteiger partial charge in [-0.05, 0) is 86.9 Å². The zero-order valence-electron chi connectivity index (χ0n) is 42.1. The fourth-order valence-corrected chi connectivity index (χ4v) is 11.0. The standard InChI is InChI=1S/C50H55F4N9O7S.4H2S/c1-24(2)41(59-48(66)68-6)45(64)61-16-8-10-34(61)43-55-22-31(57-43)27-12-13-33-29(18-27)20-36-40-30(51)19-28(21-37(40)70-47(63(33)36)39-15-14-38(71-39)26(5)50(52,53)54)32-23-56-44(58-32)35-11-9-17-62(35)46(65)42(25(3)4)60-49(67)69-7;;;;/h12-15,18-26,34-35,41-42,47H,8-11,16-17H2,1-7H3,(H,55,57)(H,56,58)(H,59,66)(H,60,67);4*1H2/t26?,34-,35-,41-,42-,47?;;;;/m0..../s1. The van der Waals surface area contributed by atoms with Crippen LogP contribution in [0.5, 0.6) is 5.75 Å². The number of rotatable bonds is 12. The monoisotopic (exact) mass is 1140 g/mol. The van der Waals surface area contributed by atoms with Gasteiger partial charge in [0.05, 0.1) is 77.7 Å². The van der Waals surface area contributed by atoms with Crippen LogP contribution in [0.1, 0.15) is 106 Å². The van der Waals surface area contributed by atoms with Crippen molar-refractivity contribution in [1.29, 1.82) is 0 Å². The van der Waals surface area contributed by atoms with Crippen molar-refractivity contribution in [1.82, 2.24) is 44.9 Å². The number of alkyl carbamates (subject to hydrolysis) is 2. The van der Waals surface area contributed by atoms with Crippen molar-refractivity contribution in [2.24, 2.45) is 11.8 Å². The molecular weight excluding hydrogens is 1070 g/mol. The molecule has 6 atom stereocenters. The van der Waals surface area contributed by atoms with Crippen molar-refractivity contribution >= 4 is 100 Å². The molecule has 0 spiro atoms. The Hall–Kier alpha value is -5.50. The fourth-order valence-electron chi connectivity index (χ4n) is 9.87. The maximum Gasteiger partial charge on any atom is 0.407 e. The van der Waals surface area contributed by atoms with E-state index in [1.165, 1.54) is 26.4 Å². The summed E-state index contributed by atoms with van der Waals surface area (Å²) in [5.74, 6) is -2.06. The smallest absolute Gasteiger partial charge is 0.407 e. The zero-order chi connectivity index (χ0) is 50.6. The van der Waals surface area contributed by atoms with Gasteiger partial charge in [0.25, 0.3) is 0 Å². The lowest BCUT2D eigenvalue weighted by Gasteiger charge is -2.30. The summed E-state index contributed by atoms with van der Waals surface area (Å²) in [6, 6.07) is 11.1. The third-order valence-corrected chi connectivity index (χ3v) is 15.0. The van der Waals surface area contributed by atoms with Crippen LogP contribution in [-0.2, 0) is 19.1 Å². The van der Waals surface area contributed by atoms with Crippen molar-refractivity contribution in [3.05, 3.63) is 88.1 Å². The molecule has 6 aromatic rings. The highest BCUT2D eigenvalue weighted by atomic mass is 32.1. The topological polar surface area (TPSA) is 189 Å². The number of carbonyl (C=O) groups excluding carboxylic acids is 4. The van der Waals surface area contributed by atoms with Crippen molar-refractivity contribution in [3.8, 4) is 39.5 Å². The normalized spacial score (nSPS) is 18.1. The minimum absolute atomic E-state index is 0. The zero-order valence-corrected chi connectivity index (χ0v) is 47.0. The van der Waals surface area contributed by atoms with Gasteiger partial charge in [0.2, 0.25) is 18.0 Å². The molecule has 25 heteroatoms. The Morgan fingerprint density at radius 1 is 0.747 bits per heavy atom. The maximum absolute atomic E-state index is 16.9. The number of halogens is 4. The number of thiophene rings is 1. The number of carbonyl (C=O) groups is 4. The molecule has 16 nitrogen and oxygen atoms in total. The van der Waals surface area contributed by atoms with E-state index < -0.39 is 54.5 Å². The quantitative estimate of drug-likeness (QED) is 0.0865. The minimum atomic E-state index is -4.47. The number of imidazole rings is 2. The number of aromatic amines is 2. The number of benzene rings is 2. The highest BCUT2D eigenvalue weighted by Gasteiger charge is 2.41. The Balaban J connectivity index is 0.00000260. The van der Waals surface area contributed by atoms with Crippen LogP contribution in [-0.4, -0.2) is 104 Å². The molecule has 3 aliphatic rings. The molecule has 0 bridgehead atoms. The van der Waals surface area contributed by atoms with Crippen LogP contribution < -0.4 is 15.4 Å². The number of alkyl halides is 3. The molecule has 408 valence electrons. The van der Waals surface area contributed by atoms with Gasteiger partial charge in [0.1, 0.15) is 35.3 Å². The number of aromatic nitrogens is 5. The number of fused-ring (bicyclic) bond motifs is 5. The van der Waals surface area contributed by atoms with E-state index in [-0.39, 0.29) is 99.9 Å². The molecule has 7 heterocycles. The number of ether oxygens (including phenoxy) is 3. The van der Waals surface area contributed by atoms with E-state index in [2.05, 4.69) is 25.6 Å². The molecule has 0 saturated carbocycles. The molecule has 4 aromatic heterocycles. The predicted molar refractivity (Wildman–Crippen MR) is 297 cm³/mol. The largest absolute Gasteiger partial charge is 0.464 e. The van der Waals surface area contributed by atoms with Crippen LogP contribution in [0.2, 0.25) is 0 Å². The van der Waals surface area contributed by atoms with Crippen LogP contribution in [0.4, 0.5) is 27.2 Å². The number of nitrogens with zero attached hydrogens (tertiary/aromatic N) is 5. The summed E-state index contributed by atoms with van der Waals surface area (Å²) in [7, 11) is 2.48. The summed E-state index contributed by atoms with van der Waals surface area (Å²) in [5.41, 5.74) is 3.49. The molecule has 4 N–H and O–H groups in total. The molecule has 3 aliphatic heterocycles. The summed E-state index contributed by atoms with van der Waals surface area (Å²) in [6.07, 6.45) is -0.923. The summed E-state index contributed by atoms with van der Waals surface area (Å²) in [4.78, 5) is 71.9. The second kappa shape index (κ2) is 24.2. The fraction of sp³-hybridized carbons (Fsp3) is 0.440. The Bertz CT molecular complexity index is 3020. The van der Waals surface area contributed by atoms with E-state index in [1.807, 2.05) is 52.0 Å². The van der Waals surface area contributed by atoms with Gasteiger partial charge in [0, 0.05) is 34.5 Å². The maximum atomic E-state index is 16.9. The van der Waals surface area contributed by atoms with Crippen LogP contribution in [0.3, 0.4) is 0 Å². The Kier molecular flexibility index (Phi) is 19.5. The second-order valence-corrected chi connectivity index (χ2v) is 20.1. The number of methoxy groups -OCH3 is 2. The number of nitrogens with one attached hydrogen (secondary N) is 4. The van der Waals surface area contributed by atoms with Crippen LogP contribution in [0, 0.1) is 17.7 Å². The molecular formula is C50H63F4N9O7S5. The first-order valence-electron chi connectivity index (χ1n) is 23.6. The number of hydrogen-bond donors (Lipinski definition) is 4. The van der Waals surface area contributed by atoms with Crippen LogP contribution in [0.15, 0.2) is 60.9 Å². The average molecular weight is 1140 g/mol. The third-order valence-electron chi connectivity index (χ3n) is 13.7. The van der Waals surface area contributed by atoms with Crippen molar-refractivity contribution in [2.45, 2.75) is 103 Å². The molecule has 0 aliphatic carbocycles. The summed E-state index contributed by atoms with van der Waals surface area (Å²) in [6.45, 7) is 9.39. The van der Waals surface area contributed by atoms with E-state index >= 15 is 4.39 Å². The van der Waals surface area contributed by atoms with Crippen LogP contribution in [0.25, 0.3) is 44.7 Å². The summed E-state index contributed by atoms with van der Waals surface area (Å²) in [5, 5.41) is 6.01. The number of H-pyrrole nitrogens is 2. The SMILES string of the molecule is COC(=O)N[C@H](C(=O)N1CCC[C@H]1c1ncc(-c2cc(F)c3c(c2)OC(c2ccc(C(C)C(F)(F)F)s2)n2c-3cc3cc(-c4cnc([C@@H]5CCCN5C(=O)[C@@H](NC(=O)OC)C(C)C)[nH]4)ccc32)[nH]1)C(C)C.S.S.S.S. The van der Waals surface area contributed by atoms with Crippen molar-refractivity contribution in [2.75, 3.05) is 27.3 Å². The third kappa shape index (κ3) is 11.8. The van der Waals surface area contributed by atoms with E-state index in [4.69, 9.17) is 19.2 Å². The molecule has 0 radical (unpaired) electrons. The van der Waals surface area contributed by atoms with Crippen LogP contribution >= 0.6 is 65.3 Å². The Labute approximate surface area is 463 Å². The Morgan fingerprint density at radius 2 is 1.28 bits per heavy atom. The van der Waals surface area contributed by atoms with Gasteiger partial charge < -0.3 is 44.6 Å². The minimum Gasteiger partial charge on any atom is -0.464 e. The van der Waals surface area contributed by atoms with Gasteiger partial charge in [0.15, 0.2) is 0 Å². The van der Waals surface area contributed by atoms with E-state index in [1.54, 1.807) is 38.9 Å². The molecule has 4 amide bonds. The van der Waals surface area contributed by atoms with Gasteiger partial charge in [-0.1, -0.05) is 33.8 Å². The Morgan fingerprint density at radius 3 is 1.79 bits per heavy atom. The first-order chi connectivity index (χ1) is 33.9. The van der Waals surface area contributed by atoms with E-state index in [0.717, 1.165) is 30.2 Å². The van der Waals surface area contributed by atoms with Gasteiger partial charge in [-0.3, -0.25) is 14.2 Å². The number of amides is 4. The highest BCUT2D eigenvalue weighted by molar-refractivity contribution is 7.59. The van der Waals surface area contributed by atoms with Gasteiger partial charge >= 0.3 is 18.4 Å². The first kappa shape index (κ1) is 60.4.